The van der Waals surface area contributed by atoms with Gasteiger partial charge in [0.05, 0.1) is 10.7 Å². The molecule has 4 aromatic rings. The van der Waals surface area contributed by atoms with Crippen LogP contribution in [0.1, 0.15) is 43.0 Å². The number of benzene rings is 4. The zero-order valence-corrected chi connectivity index (χ0v) is 25.7. The molecule has 4 aromatic carbocycles. The monoisotopic (exact) mass is 672 g/mol. The molecule has 0 aliphatic carbocycles. The Balaban J connectivity index is 0.000000220. The van der Waals surface area contributed by atoms with E-state index in [1.54, 1.807) is 24.3 Å². The molecule has 0 unspecified atom stereocenters. The Morgan fingerprint density at radius 2 is 0.825 bits per heavy atom. The first-order valence-corrected chi connectivity index (χ1v) is 14.5. The Kier molecular flexibility index (Phi) is 11.2. The maximum absolute atomic E-state index is 12.8. The van der Waals surface area contributed by atoms with Crippen LogP contribution < -0.4 is 9.47 Å². The lowest BCUT2D eigenvalue weighted by Gasteiger charge is -2.12. The molecule has 0 aliphatic heterocycles. The molecular weight excluding hydrogens is 646 g/mol. The van der Waals surface area contributed by atoms with Gasteiger partial charge in [-0.15, -0.1) is 0 Å². The fourth-order valence-corrected chi connectivity index (χ4v) is 4.82. The summed E-state index contributed by atoms with van der Waals surface area (Å²) in [5.74, 6) is 1.89. The third-order valence-electron chi connectivity index (χ3n) is 5.91. The quantitative estimate of drug-likeness (QED) is 0.138. The van der Waals surface area contributed by atoms with Crippen molar-refractivity contribution < 1.29 is 27.8 Å². The molecule has 0 saturated heterocycles. The van der Waals surface area contributed by atoms with E-state index in [0.717, 1.165) is 22.3 Å². The van der Waals surface area contributed by atoms with Gasteiger partial charge >= 0.3 is 0 Å². The van der Waals surface area contributed by atoms with Gasteiger partial charge in [0, 0.05) is 11.1 Å². The van der Waals surface area contributed by atoms with E-state index in [4.69, 9.17) is 9.47 Å². The highest BCUT2D eigenvalue weighted by molar-refractivity contribution is 9.09. The lowest BCUT2D eigenvalue weighted by atomic mass is 9.99. The van der Waals surface area contributed by atoms with Crippen molar-refractivity contribution in [2.45, 2.75) is 27.7 Å². The van der Waals surface area contributed by atoms with Crippen LogP contribution in [0.25, 0.3) is 0 Å². The highest BCUT2D eigenvalue weighted by Gasteiger charge is 2.14. The van der Waals surface area contributed by atoms with Gasteiger partial charge in [-0.3, -0.25) is 9.59 Å². The van der Waals surface area contributed by atoms with Crippen molar-refractivity contribution in [1.29, 1.82) is 0 Å². The van der Waals surface area contributed by atoms with Gasteiger partial charge in [0.25, 0.3) is 0 Å². The molecule has 208 valence electrons. The van der Waals surface area contributed by atoms with E-state index < -0.39 is 0 Å². The number of aryl methyl sites for hydroxylation is 4. The largest absolute Gasteiger partial charge is 0.457 e. The first-order chi connectivity index (χ1) is 19.0. The van der Waals surface area contributed by atoms with Crippen LogP contribution in [0.4, 0.5) is 8.78 Å². The Hall–Kier alpha value is -3.36. The number of halogens is 4. The maximum Gasteiger partial charge on any atom is 0.173 e. The average molecular weight is 674 g/mol. The fourth-order valence-electron chi connectivity index (χ4n) is 4.26. The molecule has 0 aromatic heterocycles. The molecule has 0 N–H and O–H groups in total. The van der Waals surface area contributed by atoms with Crippen LogP contribution in [-0.2, 0) is 0 Å². The summed E-state index contributed by atoms with van der Waals surface area (Å²) < 4.78 is 37.0. The van der Waals surface area contributed by atoms with Gasteiger partial charge in [-0.25, -0.2) is 8.78 Å². The average Bonchev–Trinajstić information content (AvgIpc) is 2.90. The molecule has 4 nitrogen and oxygen atoms in total. The minimum Gasteiger partial charge on any atom is -0.457 e. The maximum atomic E-state index is 12.8. The molecule has 4 rings (SSSR count). The number of ether oxygens (including phenoxy) is 2. The minimum absolute atomic E-state index is 0.0494. The number of hydrogen-bond donors (Lipinski definition) is 0. The summed E-state index contributed by atoms with van der Waals surface area (Å²) >= 11 is 6.37. The number of ketones is 2. The Morgan fingerprint density at radius 3 is 1.07 bits per heavy atom. The Bertz CT molecular complexity index is 1340. The highest BCUT2D eigenvalue weighted by atomic mass is 79.9. The van der Waals surface area contributed by atoms with E-state index in [2.05, 4.69) is 31.9 Å². The second-order valence-corrected chi connectivity index (χ2v) is 10.2. The number of Topliss-reactive ketones (excluding diaryl/α,β-unsaturated/α-hetero) is 2. The SMILES string of the molecule is Cc1cc(Oc2ccc(F)cc2)cc(C)c1C(=O)CBr.Cc1cc(Oc2ccc(F)cc2)cc(C)c1C(=O)CBr. The van der Waals surface area contributed by atoms with E-state index in [1.807, 2.05) is 52.0 Å². The molecule has 40 heavy (non-hydrogen) atoms. The van der Waals surface area contributed by atoms with Crippen LogP contribution in [0, 0.1) is 39.3 Å². The van der Waals surface area contributed by atoms with Crippen molar-refractivity contribution in [3.8, 4) is 23.0 Å². The summed E-state index contributed by atoms with van der Waals surface area (Å²) in [5.41, 5.74) is 4.90. The molecule has 0 spiro atoms. The predicted octanol–water partition coefficient (Wildman–Crippen LogP) is 9.62. The third-order valence-corrected chi connectivity index (χ3v) is 6.93. The van der Waals surface area contributed by atoms with Crippen molar-refractivity contribution in [3.05, 3.63) is 118 Å². The topological polar surface area (TPSA) is 52.6 Å². The standard InChI is InChI=1S/2C16H14BrFO2/c2*1-10-7-14(8-11(2)16(10)15(19)9-17)20-13-5-3-12(18)4-6-13/h2*3-8H,9H2,1-2H3. The molecule has 0 radical (unpaired) electrons. The summed E-state index contributed by atoms with van der Waals surface area (Å²) in [7, 11) is 0. The fraction of sp³-hybridized carbons (Fsp3) is 0.188. The summed E-state index contributed by atoms with van der Waals surface area (Å²) in [6.45, 7) is 7.50. The van der Waals surface area contributed by atoms with Gasteiger partial charge in [-0.2, -0.15) is 0 Å². The number of alkyl halides is 2. The Morgan fingerprint density at radius 1 is 0.550 bits per heavy atom. The third kappa shape index (κ3) is 8.32. The second kappa shape index (κ2) is 14.3. The molecule has 0 atom stereocenters. The number of hydrogen-bond acceptors (Lipinski definition) is 4. The summed E-state index contributed by atoms with van der Waals surface area (Å²) in [6.07, 6.45) is 0. The van der Waals surface area contributed by atoms with E-state index in [0.29, 0.717) is 44.8 Å². The van der Waals surface area contributed by atoms with E-state index in [1.165, 1.54) is 24.3 Å². The van der Waals surface area contributed by atoms with Gasteiger partial charge in [-0.1, -0.05) is 31.9 Å². The molecule has 0 bridgehead atoms. The molecule has 0 saturated carbocycles. The van der Waals surface area contributed by atoms with Crippen molar-refractivity contribution in [2.24, 2.45) is 0 Å². The van der Waals surface area contributed by atoms with E-state index >= 15 is 0 Å². The van der Waals surface area contributed by atoms with Crippen LogP contribution in [0.3, 0.4) is 0 Å². The molecule has 0 amide bonds. The minimum atomic E-state index is -0.303. The number of carbonyl (C=O) groups excluding carboxylic acids is 2. The van der Waals surface area contributed by atoms with Crippen LogP contribution in [0.15, 0.2) is 72.8 Å². The highest BCUT2D eigenvalue weighted by Crippen LogP contribution is 2.28. The molecule has 0 heterocycles. The molecule has 0 fully saturated rings. The second-order valence-electron chi connectivity index (χ2n) is 9.09. The van der Waals surface area contributed by atoms with Crippen molar-refractivity contribution in [3.63, 3.8) is 0 Å². The summed E-state index contributed by atoms with van der Waals surface area (Å²) in [4.78, 5) is 23.7. The summed E-state index contributed by atoms with van der Waals surface area (Å²) in [5, 5.41) is 0.597. The Labute approximate surface area is 249 Å². The van der Waals surface area contributed by atoms with Crippen LogP contribution in [-0.4, -0.2) is 22.2 Å². The van der Waals surface area contributed by atoms with Crippen molar-refractivity contribution in [2.75, 3.05) is 10.7 Å². The normalized spacial score (nSPS) is 10.4. The summed E-state index contributed by atoms with van der Waals surface area (Å²) in [6, 6.07) is 18.9. The number of rotatable bonds is 8. The number of carbonyl (C=O) groups is 2. The lowest BCUT2D eigenvalue weighted by molar-refractivity contribution is 0.101. The van der Waals surface area contributed by atoms with Gasteiger partial charge in [0.2, 0.25) is 0 Å². The van der Waals surface area contributed by atoms with Crippen LogP contribution in [0.2, 0.25) is 0 Å². The first kappa shape index (κ1) is 31.2. The molecular formula is C32H28Br2F2O4. The van der Waals surface area contributed by atoms with Gasteiger partial charge < -0.3 is 9.47 Å². The van der Waals surface area contributed by atoms with Gasteiger partial charge in [0.15, 0.2) is 11.6 Å². The molecule has 0 aliphatic rings. The zero-order valence-electron chi connectivity index (χ0n) is 22.5. The van der Waals surface area contributed by atoms with E-state index in [9.17, 15) is 18.4 Å². The van der Waals surface area contributed by atoms with Crippen molar-refractivity contribution in [1.82, 2.24) is 0 Å². The zero-order chi connectivity index (χ0) is 29.4. The van der Waals surface area contributed by atoms with Crippen LogP contribution >= 0.6 is 31.9 Å². The first-order valence-electron chi connectivity index (χ1n) is 12.3. The molecule has 8 heteroatoms. The van der Waals surface area contributed by atoms with Gasteiger partial charge in [0.1, 0.15) is 34.6 Å². The van der Waals surface area contributed by atoms with Crippen LogP contribution in [0.5, 0.6) is 23.0 Å². The van der Waals surface area contributed by atoms with Gasteiger partial charge in [-0.05, 0) is 123 Å². The predicted molar refractivity (Wildman–Crippen MR) is 161 cm³/mol. The smallest absolute Gasteiger partial charge is 0.173 e. The lowest BCUT2D eigenvalue weighted by Crippen LogP contribution is -2.05. The van der Waals surface area contributed by atoms with E-state index in [-0.39, 0.29) is 23.2 Å². The van der Waals surface area contributed by atoms with Crippen molar-refractivity contribution >= 4 is 43.4 Å².